The molecule has 0 saturated heterocycles. The molecule has 0 radical (unpaired) electrons. The fraction of sp³-hybridized carbons (Fsp3) is 1.00. The first-order valence-corrected chi connectivity index (χ1v) is 17.7. The zero-order valence-corrected chi connectivity index (χ0v) is 16.5. The highest BCUT2D eigenvalue weighted by Crippen LogP contribution is 2.21. The predicted molar refractivity (Wildman–Crippen MR) is 107 cm³/mol. The summed E-state index contributed by atoms with van der Waals surface area (Å²) in [5.74, 6) is 0. The quantitative estimate of drug-likeness (QED) is 0.560. The van der Waals surface area contributed by atoms with Crippen LogP contribution in [-0.4, -0.2) is 34.5 Å². The van der Waals surface area contributed by atoms with Crippen LogP contribution in [0.25, 0.3) is 0 Å². The van der Waals surface area contributed by atoms with Crippen LogP contribution in [0.15, 0.2) is 0 Å². The molecule has 0 aromatic rings. The molecule has 130 valence electrons. The van der Waals surface area contributed by atoms with Crippen molar-refractivity contribution in [2.45, 2.75) is 88.6 Å². The van der Waals surface area contributed by atoms with Crippen LogP contribution in [0.3, 0.4) is 0 Å². The van der Waals surface area contributed by atoms with E-state index in [0.717, 1.165) is 0 Å². The van der Waals surface area contributed by atoms with Crippen LogP contribution < -0.4 is 0 Å². The van der Waals surface area contributed by atoms with Gasteiger partial charge in [0, 0.05) is 0 Å². The Kier molecular flexibility index (Phi) is 18.5. The molecule has 0 heterocycles. The summed E-state index contributed by atoms with van der Waals surface area (Å²) in [6, 6.07) is 0. The Balaban J connectivity index is -0.000000187. The van der Waals surface area contributed by atoms with Gasteiger partial charge in [0.15, 0.2) is 17.4 Å². The highest BCUT2D eigenvalue weighted by Gasteiger charge is 2.39. The lowest BCUT2D eigenvalue weighted by molar-refractivity contribution is 0.335. The molecule has 3 nitrogen and oxygen atoms in total. The standard InChI is InChI=1S/C9H28O3Si4.4CH4/c1-13(2)10-15(6,7)12-16(8,9)11-14(3,4)5;;;;/h13H,1-9H3;4*1H4. The third-order valence-corrected chi connectivity index (χ3v) is 14.1. The molecule has 0 spiro atoms. The van der Waals surface area contributed by atoms with E-state index < -0.39 is 34.5 Å². The lowest BCUT2D eigenvalue weighted by Gasteiger charge is -2.37. The summed E-state index contributed by atoms with van der Waals surface area (Å²) in [4.78, 5) is 0. The minimum Gasteiger partial charge on any atom is -0.440 e. The zero-order chi connectivity index (χ0) is 13.2. The van der Waals surface area contributed by atoms with Gasteiger partial charge in [-0.3, -0.25) is 0 Å². The van der Waals surface area contributed by atoms with Gasteiger partial charge in [-0.15, -0.1) is 0 Å². The molecule has 0 saturated carbocycles. The van der Waals surface area contributed by atoms with Gasteiger partial charge in [0.25, 0.3) is 0 Å². The van der Waals surface area contributed by atoms with E-state index >= 15 is 0 Å². The first-order valence-electron chi connectivity index (χ1n) is 5.91. The van der Waals surface area contributed by atoms with Crippen LogP contribution in [0.1, 0.15) is 29.7 Å². The number of rotatable bonds is 6. The molecule has 0 aromatic carbocycles. The van der Waals surface area contributed by atoms with Crippen molar-refractivity contribution >= 4 is 34.5 Å². The van der Waals surface area contributed by atoms with Crippen LogP contribution in [0.4, 0.5) is 0 Å². The predicted octanol–water partition coefficient (Wildman–Crippen LogP) is 5.80. The second-order valence-corrected chi connectivity index (χ2v) is 20.8. The van der Waals surface area contributed by atoms with E-state index in [4.69, 9.17) is 12.3 Å². The average Bonchev–Trinajstić information content (AvgIpc) is 1.69. The van der Waals surface area contributed by atoms with E-state index in [9.17, 15) is 0 Å². The van der Waals surface area contributed by atoms with Crippen molar-refractivity contribution in [3.05, 3.63) is 0 Å². The molecule has 0 amide bonds. The van der Waals surface area contributed by atoms with Crippen LogP contribution in [0.2, 0.25) is 58.9 Å². The highest BCUT2D eigenvalue weighted by molar-refractivity contribution is 6.87. The van der Waals surface area contributed by atoms with Crippen molar-refractivity contribution in [2.24, 2.45) is 0 Å². The van der Waals surface area contributed by atoms with Crippen molar-refractivity contribution in [3.63, 3.8) is 0 Å². The number of hydrogen-bond donors (Lipinski definition) is 0. The maximum Gasteiger partial charge on any atom is 0.312 e. The molecular formula is C13H44O3Si4. The first-order chi connectivity index (χ1) is 6.83. The Labute approximate surface area is 135 Å². The van der Waals surface area contributed by atoms with E-state index in [2.05, 4.69) is 58.9 Å². The van der Waals surface area contributed by atoms with Crippen molar-refractivity contribution in [1.82, 2.24) is 0 Å². The Morgan fingerprint density at radius 1 is 0.600 bits per heavy atom. The zero-order valence-electron chi connectivity index (χ0n) is 12.3. The first kappa shape index (κ1) is 32.6. The van der Waals surface area contributed by atoms with E-state index in [0.29, 0.717) is 0 Å². The topological polar surface area (TPSA) is 27.7 Å². The fourth-order valence-electron chi connectivity index (χ4n) is 1.94. The third kappa shape index (κ3) is 18.7. The smallest absolute Gasteiger partial charge is 0.312 e. The Morgan fingerprint density at radius 2 is 0.950 bits per heavy atom. The maximum absolute atomic E-state index is 6.21. The fourth-order valence-corrected chi connectivity index (χ4v) is 18.3. The maximum atomic E-state index is 6.21. The van der Waals surface area contributed by atoms with Crippen molar-refractivity contribution < 1.29 is 12.3 Å². The van der Waals surface area contributed by atoms with E-state index in [-0.39, 0.29) is 29.7 Å². The number of hydrogen-bond acceptors (Lipinski definition) is 3. The summed E-state index contributed by atoms with van der Waals surface area (Å²) in [7, 11) is -6.54. The van der Waals surface area contributed by atoms with Crippen molar-refractivity contribution in [1.29, 1.82) is 0 Å². The van der Waals surface area contributed by atoms with Crippen LogP contribution >= 0.6 is 0 Å². The largest absolute Gasteiger partial charge is 0.440 e. The summed E-state index contributed by atoms with van der Waals surface area (Å²) in [5.41, 5.74) is 0. The lowest BCUT2D eigenvalue weighted by Crippen LogP contribution is -2.53. The van der Waals surface area contributed by atoms with Crippen LogP contribution in [0.5, 0.6) is 0 Å². The lowest BCUT2D eigenvalue weighted by atomic mass is 11.8. The molecule has 7 heteroatoms. The summed E-state index contributed by atoms with van der Waals surface area (Å²) in [6.45, 7) is 19.5. The second-order valence-electron chi connectivity index (χ2n) is 6.28. The molecule has 0 atom stereocenters. The normalized spacial score (nSPS) is 11.7. The van der Waals surface area contributed by atoms with Crippen molar-refractivity contribution in [3.8, 4) is 0 Å². The molecule has 0 aromatic heterocycles. The molecular weight excluding hydrogens is 316 g/mol. The summed E-state index contributed by atoms with van der Waals surface area (Å²) in [5, 5.41) is 0. The molecule has 0 rings (SSSR count). The van der Waals surface area contributed by atoms with E-state index in [1.165, 1.54) is 0 Å². The van der Waals surface area contributed by atoms with Crippen LogP contribution in [0, 0.1) is 0 Å². The van der Waals surface area contributed by atoms with Gasteiger partial charge < -0.3 is 12.3 Å². The molecule has 0 bridgehead atoms. The minimum atomic E-state index is -2.02. The monoisotopic (exact) mass is 360 g/mol. The van der Waals surface area contributed by atoms with E-state index in [1.54, 1.807) is 0 Å². The molecule has 0 fully saturated rings. The van der Waals surface area contributed by atoms with Crippen molar-refractivity contribution in [2.75, 3.05) is 0 Å². The highest BCUT2D eigenvalue weighted by atomic mass is 28.5. The van der Waals surface area contributed by atoms with Crippen LogP contribution in [-0.2, 0) is 12.3 Å². The molecule has 0 unspecified atom stereocenters. The summed E-state index contributed by atoms with van der Waals surface area (Å²) < 4.78 is 18.4. The second kappa shape index (κ2) is 11.3. The van der Waals surface area contributed by atoms with E-state index in [1.807, 2.05) is 0 Å². The van der Waals surface area contributed by atoms with Gasteiger partial charge in [-0.05, 0) is 58.9 Å². The van der Waals surface area contributed by atoms with Gasteiger partial charge in [0.2, 0.25) is 0 Å². The van der Waals surface area contributed by atoms with Gasteiger partial charge in [0.05, 0.1) is 0 Å². The van der Waals surface area contributed by atoms with Gasteiger partial charge in [-0.2, -0.15) is 0 Å². The molecule has 20 heavy (non-hydrogen) atoms. The van der Waals surface area contributed by atoms with Gasteiger partial charge in [0.1, 0.15) is 0 Å². The summed E-state index contributed by atoms with van der Waals surface area (Å²) >= 11 is 0. The molecule has 0 aliphatic heterocycles. The van der Waals surface area contributed by atoms with Gasteiger partial charge >= 0.3 is 17.1 Å². The molecule has 0 aliphatic carbocycles. The third-order valence-electron chi connectivity index (χ3n) is 1.56. The average molecular weight is 361 g/mol. The Morgan fingerprint density at radius 3 is 1.20 bits per heavy atom. The summed E-state index contributed by atoms with van der Waals surface area (Å²) in [6.07, 6.45) is 0. The van der Waals surface area contributed by atoms with Gasteiger partial charge in [-0.1, -0.05) is 29.7 Å². The Hall–Kier alpha value is 0.748. The molecule has 0 aliphatic rings. The SMILES string of the molecule is C.C.C.C.C[SiH](C)O[Si](C)(C)O[Si](C)(C)O[Si](C)(C)C. The molecule has 0 N–H and O–H groups in total. The minimum absolute atomic E-state index is 0. The Bertz CT molecular complexity index is 226. The van der Waals surface area contributed by atoms with Gasteiger partial charge in [-0.25, -0.2) is 0 Å².